The van der Waals surface area contributed by atoms with E-state index in [0.29, 0.717) is 22.6 Å². The van der Waals surface area contributed by atoms with Gasteiger partial charge in [0.2, 0.25) is 5.91 Å². The zero-order valence-corrected chi connectivity index (χ0v) is 23.2. The van der Waals surface area contributed by atoms with Crippen LogP contribution in [-0.4, -0.2) is 58.8 Å². The maximum Gasteiger partial charge on any atom is 0.408 e. The molecule has 2 atom stereocenters. The van der Waals surface area contributed by atoms with Crippen LogP contribution in [0.15, 0.2) is 72.8 Å². The molecule has 2 unspecified atom stereocenters. The number of rotatable bonds is 9. The van der Waals surface area contributed by atoms with Crippen LogP contribution in [0, 0.1) is 0 Å². The van der Waals surface area contributed by atoms with Crippen LogP contribution in [-0.2, 0) is 20.7 Å². The highest BCUT2D eigenvalue weighted by Crippen LogP contribution is 2.26. The van der Waals surface area contributed by atoms with E-state index in [2.05, 4.69) is 10.6 Å². The molecular weight excluding hydrogens is 514 g/mol. The molecule has 0 bridgehead atoms. The number of likely N-dealkylation sites (N-methyl/N-ethyl adjacent to an activating group) is 1. The molecule has 0 heterocycles. The summed E-state index contributed by atoms with van der Waals surface area (Å²) in [6, 6.07) is 16.7. The normalized spacial score (nSPS) is 12.5. The molecular formula is C30H35N3O7. The van der Waals surface area contributed by atoms with Gasteiger partial charge in [0.1, 0.15) is 34.9 Å². The number of anilines is 1. The van der Waals surface area contributed by atoms with Gasteiger partial charge >= 0.3 is 6.09 Å². The average Bonchev–Trinajstić information content (AvgIpc) is 2.89. The van der Waals surface area contributed by atoms with Crippen LogP contribution >= 0.6 is 0 Å². The Labute approximate surface area is 233 Å². The first kappa shape index (κ1) is 29.8. The van der Waals surface area contributed by atoms with Crippen LogP contribution in [0.2, 0.25) is 0 Å². The van der Waals surface area contributed by atoms with Crippen LogP contribution in [0.25, 0.3) is 0 Å². The molecule has 0 radical (unpaired) electrons. The van der Waals surface area contributed by atoms with Crippen LogP contribution in [0.3, 0.4) is 0 Å². The smallest absolute Gasteiger partial charge is 0.408 e. The van der Waals surface area contributed by atoms with Crippen molar-refractivity contribution >= 4 is 23.6 Å². The third kappa shape index (κ3) is 8.39. The molecule has 3 aromatic carbocycles. The van der Waals surface area contributed by atoms with E-state index < -0.39 is 35.6 Å². The predicted molar refractivity (Wildman–Crippen MR) is 150 cm³/mol. The predicted octanol–water partition coefficient (Wildman–Crippen LogP) is 4.38. The minimum absolute atomic E-state index is 0.00356. The van der Waals surface area contributed by atoms with Crippen molar-refractivity contribution in [2.75, 3.05) is 19.5 Å². The van der Waals surface area contributed by atoms with Crippen molar-refractivity contribution in [3.05, 3.63) is 83.9 Å². The number of alkyl carbamates (subject to hydrolysis) is 1. The summed E-state index contributed by atoms with van der Waals surface area (Å²) in [5.41, 5.74) is 0.808. The summed E-state index contributed by atoms with van der Waals surface area (Å²) in [5.74, 6) is -0.379. The maximum atomic E-state index is 13.9. The first-order valence-electron chi connectivity index (χ1n) is 12.6. The van der Waals surface area contributed by atoms with Gasteiger partial charge in [-0.2, -0.15) is 0 Å². The molecule has 40 heavy (non-hydrogen) atoms. The second-order valence-corrected chi connectivity index (χ2v) is 10.2. The van der Waals surface area contributed by atoms with E-state index in [-0.39, 0.29) is 17.9 Å². The minimum atomic E-state index is -1.11. The van der Waals surface area contributed by atoms with E-state index in [1.807, 2.05) is 0 Å². The van der Waals surface area contributed by atoms with E-state index in [9.17, 15) is 24.6 Å². The van der Waals surface area contributed by atoms with Crippen LogP contribution in [0.5, 0.6) is 17.2 Å². The molecule has 10 nitrogen and oxygen atoms in total. The number of nitrogens with zero attached hydrogens (tertiary/aromatic N) is 1. The summed E-state index contributed by atoms with van der Waals surface area (Å²) in [5, 5.41) is 24.9. The van der Waals surface area contributed by atoms with E-state index in [0.717, 1.165) is 0 Å². The molecule has 10 heteroatoms. The monoisotopic (exact) mass is 549 g/mol. The van der Waals surface area contributed by atoms with E-state index in [4.69, 9.17) is 9.47 Å². The van der Waals surface area contributed by atoms with Gasteiger partial charge in [0.15, 0.2) is 0 Å². The number of methoxy groups -OCH3 is 1. The standard InChI is InChI=1S/C30H35N3O7/c1-30(2,3)40-29(38)32-25(18-19-6-12-22(34)13-7-19)28(37)33(4)26(20-8-14-23(35)15-9-20)27(36)31-21-10-16-24(39-5)17-11-21/h6-17,25-26,34-35H,18H2,1-5H3,(H,31,36)(H,32,38). The molecule has 0 fully saturated rings. The molecule has 212 valence electrons. The number of hydrogen-bond donors (Lipinski definition) is 4. The van der Waals surface area contributed by atoms with Crippen molar-refractivity contribution < 1.29 is 34.1 Å². The maximum absolute atomic E-state index is 13.9. The number of nitrogens with one attached hydrogen (secondary N) is 2. The summed E-state index contributed by atoms with van der Waals surface area (Å²) in [4.78, 5) is 41.4. The number of carbonyl (C=O) groups excluding carboxylic acids is 3. The summed E-state index contributed by atoms with van der Waals surface area (Å²) in [6.45, 7) is 5.12. The fraction of sp³-hybridized carbons (Fsp3) is 0.300. The first-order valence-corrected chi connectivity index (χ1v) is 12.6. The topological polar surface area (TPSA) is 137 Å². The van der Waals surface area contributed by atoms with E-state index >= 15 is 0 Å². The zero-order chi connectivity index (χ0) is 29.4. The molecule has 0 spiro atoms. The number of phenolic OH excluding ortho intramolecular Hbond substituents is 2. The first-order chi connectivity index (χ1) is 18.9. The van der Waals surface area contributed by atoms with Gasteiger partial charge in [-0.3, -0.25) is 9.59 Å². The lowest BCUT2D eigenvalue weighted by Crippen LogP contribution is -2.52. The third-order valence-corrected chi connectivity index (χ3v) is 5.91. The molecule has 0 aliphatic rings. The second kappa shape index (κ2) is 12.9. The highest BCUT2D eigenvalue weighted by Gasteiger charge is 2.34. The summed E-state index contributed by atoms with van der Waals surface area (Å²) in [7, 11) is 3.00. The van der Waals surface area contributed by atoms with Gasteiger partial charge in [-0.25, -0.2) is 4.79 Å². The van der Waals surface area contributed by atoms with Crippen molar-refractivity contribution in [2.24, 2.45) is 0 Å². The number of ether oxygens (including phenoxy) is 2. The van der Waals surface area contributed by atoms with Gasteiger partial charge in [-0.1, -0.05) is 24.3 Å². The van der Waals surface area contributed by atoms with Crippen molar-refractivity contribution in [1.82, 2.24) is 10.2 Å². The molecule has 0 aliphatic carbocycles. The Hall–Kier alpha value is -4.73. The number of amides is 3. The van der Waals surface area contributed by atoms with Gasteiger partial charge in [-0.15, -0.1) is 0 Å². The number of hydrogen-bond acceptors (Lipinski definition) is 7. The zero-order valence-electron chi connectivity index (χ0n) is 23.2. The van der Waals surface area contributed by atoms with E-state index in [1.54, 1.807) is 69.3 Å². The molecule has 3 rings (SSSR count). The number of phenols is 2. The lowest BCUT2D eigenvalue weighted by Gasteiger charge is -2.31. The second-order valence-electron chi connectivity index (χ2n) is 10.2. The van der Waals surface area contributed by atoms with Crippen molar-refractivity contribution in [2.45, 2.75) is 44.9 Å². The summed E-state index contributed by atoms with van der Waals surface area (Å²) >= 11 is 0. The van der Waals surface area contributed by atoms with Gasteiger partial charge < -0.3 is 35.2 Å². The highest BCUT2D eigenvalue weighted by molar-refractivity contribution is 5.99. The van der Waals surface area contributed by atoms with E-state index in [1.165, 1.54) is 43.3 Å². The Balaban J connectivity index is 1.93. The molecule has 3 amide bonds. The Morgan fingerprint density at radius 3 is 1.95 bits per heavy atom. The van der Waals surface area contributed by atoms with Gasteiger partial charge in [0.25, 0.3) is 5.91 Å². The van der Waals surface area contributed by atoms with Gasteiger partial charge in [-0.05, 0) is 80.4 Å². The number of carbonyl (C=O) groups is 3. The lowest BCUT2D eigenvalue weighted by molar-refractivity contribution is -0.139. The minimum Gasteiger partial charge on any atom is -0.508 e. The quantitative estimate of drug-likeness (QED) is 0.311. The SMILES string of the molecule is COc1ccc(NC(=O)C(c2ccc(O)cc2)N(C)C(=O)C(Cc2ccc(O)cc2)NC(=O)OC(C)(C)C)cc1. The Bertz CT molecular complexity index is 1300. The number of aromatic hydroxyl groups is 2. The van der Waals surface area contributed by atoms with Crippen molar-refractivity contribution in [3.8, 4) is 17.2 Å². The summed E-state index contributed by atoms with van der Waals surface area (Å²) < 4.78 is 10.5. The molecule has 3 aromatic rings. The Morgan fingerprint density at radius 1 is 0.875 bits per heavy atom. The van der Waals surface area contributed by atoms with Gasteiger partial charge in [0.05, 0.1) is 7.11 Å². The fourth-order valence-corrected chi connectivity index (χ4v) is 3.98. The van der Waals surface area contributed by atoms with Crippen molar-refractivity contribution in [3.63, 3.8) is 0 Å². The number of benzene rings is 3. The fourth-order valence-electron chi connectivity index (χ4n) is 3.98. The molecule has 0 saturated heterocycles. The average molecular weight is 550 g/mol. The summed E-state index contributed by atoms with van der Waals surface area (Å²) in [6.07, 6.45) is -0.715. The van der Waals surface area contributed by atoms with Crippen LogP contribution in [0.1, 0.15) is 37.9 Å². The molecule has 0 saturated carbocycles. The largest absolute Gasteiger partial charge is 0.508 e. The highest BCUT2D eigenvalue weighted by atomic mass is 16.6. The lowest BCUT2D eigenvalue weighted by atomic mass is 10.0. The molecule has 0 aliphatic heterocycles. The molecule has 4 N–H and O–H groups in total. The Morgan fingerprint density at radius 2 is 1.43 bits per heavy atom. The van der Waals surface area contributed by atoms with Gasteiger partial charge in [0, 0.05) is 19.2 Å². The Kier molecular flexibility index (Phi) is 9.60. The van der Waals surface area contributed by atoms with Crippen LogP contribution in [0.4, 0.5) is 10.5 Å². The van der Waals surface area contributed by atoms with Crippen LogP contribution < -0.4 is 15.4 Å². The third-order valence-electron chi connectivity index (χ3n) is 5.91. The molecule has 0 aromatic heterocycles. The van der Waals surface area contributed by atoms with Crippen molar-refractivity contribution in [1.29, 1.82) is 0 Å².